The van der Waals surface area contributed by atoms with Gasteiger partial charge in [-0.25, -0.2) is 0 Å². The fraction of sp³-hybridized carbons (Fsp3) is 0.286. The van der Waals surface area contributed by atoms with E-state index in [0.29, 0.717) is 0 Å². The van der Waals surface area contributed by atoms with Crippen LogP contribution in [0.3, 0.4) is 0 Å². The third kappa shape index (κ3) is 6.69. The number of carbonyl (C=O) groups excluding carboxylic acids is 1. The molecule has 1 amide bonds. The Kier molecular flexibility index (Phi) is 7.61. The topological polar surface area (TPSA) is 38.3 Å². The van der Waals surface area contributed by atoms with Crippen LogP contribution in [0.25, 0.3) is 6.08 Å². The first-order valence-corrected chi connectivity index (χ1v) is 8.55. The van der Waals surface area contributed by atoms with E-state index in [1.807, 2.05) is 54.6 Å². The zero-order chi connectivity index (χ0) is 17.0. The quantitative estimate of drug-likeness (QED) is 0.502. The maximum absolute atomic E-state index is 11.9. The first-order chi connectivity index (χ1) is 11.8. The van der Waals surface area contributed by atoms with Gasteiger partial charge >= 0.3 is 0 Å². The smallest absolute Gasteiger partial charge is 0.248 e. The van der Waals surface area contributed by atoms with Crippen LogP contribution in [0, 0.1) is 0 Å². The number of unbranched alkanes of at least 4 members (excludes halogenated alkanes) is 3. The fourth-order valence-electron chi connectivity index (χ4n) is 2.27. The van der Waals surface area contributed by atoms with Gasteiger partial charge in [0.15, 0.2) is 0 Å². The molecule has 0 aromatic heterocycles. The summed E-state index contributed by atoms with van der Waals surface area (Å²) in [6.07, 6.45) is 8.10. The highest BCUT2D eigenvalue weighted by atomic mass is 16.5. The molecule has 24 heavy (non-hydrogen) atoms. The van der Waals surface area contributed by atoms with Crippen molar-refractivity contribution >= 4 is 17.7 Å². The second kappa shape index (κ2) is 10.3. The molecule has 0 bridgehead atoms. The summed E-state index contributed by atoms with van der Waals surface area (Å²) in [6.45, 7) is 2.94. The molecule has 0 saturated carbocycles. The van der Waals surface area contributed by atoms with Crippen LogP contribution in [0.5, 0.6) is 5.75 Å². The van der Waals surface area contributed by atoms with E-state index >= 15 is 0 Å². The van der Waals surface area contributed by atoms with Crippen molar-refractivity contribution in [1.29, 1.82) is 0 Å². The molecule has 0 aliphatic carbocycles. The van der Waals surface area contributed by atoms with Gasteiger partial charge in [-0.05, 0) is 42.3 Å². The number of hydrogen-bond donors (Lipinski definition) is 1. The molecule has 0 spiro atoms. The van der Waals surface area contributed by atoms with Crippen LogP contribution in [-0.2, 0) is 4.79 Å². The Labute approximate surface area is 144 Å². The Morgan fingerprint density at radius 2 is 1.75 bits per heavy atom. The molecule has 0 heterocycles. The summed E-state index contributed by atoms with van der Waals surface area (Å²) in [5.74, 6) is 0.691. The van der Waals surface area contributed by atoms with E-state index in [1.165, 1.54) is 25.3 Å². The highest BCUT2D eigenvalue weighted by Crippen LogP contribution is 2.16. The van der Waals surface area contributed by atoms with Crippen molar-refractivity contribution < 1.29 is 9.53 Å². The number of benzene rings is 2. The molecular formula is C21H25NO2. The normalized spacial score (nSPS) is 10.7. The third-order valence-electron chi connectivity index (χ3n) is 3.62. The van der Waals surface area contributed by atoms with Crippen molar-refractivity contribution in [2.75, 3.05) is 11.9 Å². The minimum Gasteiger partial charge on any atom is -0.494 e. The molecule has 0 aliphatic heterocycles. The van der Waals surface area contributed by atoms with Gasteiger partial charge in [0, 0.05) is 11.8 Å². The molecule has 0 aliphatic rings. The van der Waals surface area contributed by atoms with Gasteiger partial charge in [-0.2, -0.15) is 0 Å². The van der Waals surface area contributed by atoms with E-state index in [-0.39, 0.29) is 5.91 Å². The van der Waals surface area contributed by atoms with E-state index in [9.17, 15) is 4.79 Å². The molecule has 0 saturated heterocycles. The lowest BCUT2D eigenvalue weighted by atomic mass is 10.2. The number of ether oxygens (including phenoxy) is 1. The summed E-state index contributed by atoms with van der Waals surface area (Å²) in [5.41, 5.74) is 1.76. The van der Waals surface area contributed by atoms with Crippen molar-refractivity contribution in [3.63, 3.8) is 0 Å². The Morgan fingerprint density at radius 1 is 1.00 bits per heavy atom. The van der Waals surface area contributed by atoms with E-state index in [1.54, 1.807) is 6.08 Å². The van der Waals surface area contributed by atoms with Crippen LogP contribution in [-0.4, -0.2) is 12.5 Å². The number of nitrogens with one attached hydrogen (secondary N) is 1. The van der Waals surface area contributed by atoms with Crippen LogP contribution in [0.1, 0.15) is 38.2 Å². The lowest BCUT2D eigenvalue weighted by molar-refractivity contribution is -0.111. The first-order valence-electron chi connectivity index (χ1n) is 8.55. The average Bonchev–Trinajstić information content (AvgIpc) is 2.62. The second-order valence-corrected chi connectivity index (χ2v) is 5.67. The van der Waals surface area contributed by atoms with Crippen LogP contribution in [0.15, 0.2) is 60.7 Å². The molecule has 126 valence electrons. The summed E-state index contributed by atoms with van der Waals surface area (Å²) in [4.78, 5) is 11.9. The maximum atomic E-state index is 11.9. The Hall–Kier alpha value is -2.55. The van der Waals surface area contributed by atoms with Gasteiger partial charge in [-0.15, -0.1) is 0 Å². The standard InChI is InChI=1S/C21H25NO2/c1-2-3-4-8-17-24-20-14-12-19(13-15-20)22-21(23)16-11-18-9-6-5-7-10-18/h5-7,9-16H,2-4,8,17H2,1H3,(H,22,23)/b16-11+. The lowest BCUT2D eigenvalue weighted by Gasteiger charge is -2.07. The number of rotatable bonds is 9. The van der Waals surface area contributed by atoms with E-state index < -0.39 is 0 Å². The monoisotopic (exact) mass is 323 g/mol. The first kappa shape index (κ1) is 17.8. The number of amides is 1. The molecule has 0 radical (unpaired) electrons. The van der Waals surface area contributed by atoms with Gasteiger partial charge in [-0.3, -0.25) is 4.79 Å². The SMILES string of the molecule is CCCCCCOc1ccc(NC(=O)/C=C/c2ccccc2)cc1. The Bertz CT molecular complexity index is 633. The molecule has 2 aromatic rings. The maximum Gasteiger partial charge on any atom is 0.248 e. The van der Waals surface area contributed by atoms with Crippen molar-refractivity contribution in [2.24, 2.45) is 0 Å². The zero-order valence-corrected chi connectivity index (χ0v) is 14.2. The summed E-state index contributed by atoms with van der Waals surface area (Å²) in [5, 5.41) is 2.84. The van der Waals surface area contributed by atoms with Crippen LogP contribution in [0.2, 0.25) is 0 Å². The molecule has 3 nitrogen and oxygen atoms in total. The molecule has 0 unspecified atom stereocenters. The minimum absolute atomic E-state index is 0.146. The molecule has 1 N–H and O–H groups in total. The van der Waals surface area contributed by atoms with Gasteiger partial charge in [0.2, 0.25) is 5.91 Å². The lowest BCUT2D eigenvalue weighted by Crippen LogP contribution is -2.07. The predicted molar refractivity (Wildman–Crippen MR) is 100 cm³/mol. The van der Waals surface area contributed by atoms with Crippen molar-refractivity contribution in [1.82, 2.24) is 0 Å². The van der Waals surface area contributed by atoms with Crippen molar-refractivity contribution in [3.8, 4) is 5.75 Å². The van der Waals surface area contributed by atoms with Crippen LogP contribution < -0.4 is 10.1 Å². The van der Waals surface area contributed by atoms with Gasteiger partial charge in [0.1, 0.15) is 5.75 Å². The highest BCUT2D eigenvalue weighted by Gasteiger charge is 1.99. The highest BCUT2D eigenvalue weighted by molar-refractivity contribution is 6.01. The summed E-state index contributed by atoms with van der Waals surface area (Å²) in [6, 6.07) is 17.2. The van der Waals surface area contributed by atoms with E-state index in [0.717, 1.165) is 30.0 Å². The minimum atomic E-state index is -0.146. The van der Waals surface area contributed by atoms with Crippen LogP contribution in [0.4, 0.5) is 5.69 Å². The van der Waals surface area contributed by atoms with Crippen molar-refractivity contribution in [3.05, 3.63) is 66.2 Å². The fourth-order valence-corrected chi connectivity index (χ4v) is 2.27. The molecule has 0 fully saturated rings. The van der Waals surface area contributed by atoms with Gasteiger partial charge in [-0.1, -0.05) is 56.5 Å². The summed E-state index contributed by atoms with van der Waals surface area (Å²) < 4.78 is 5.69. The molecule has 2 rings (SSSR count). The molecule has 3 heteroatoms. The van der Waals surface area contributed by atoms with Crippen LogP contribution >= 0.6 is 0 Å². The zero-order valence-electron chi connectivity index (χ0n) is 14.2. The largest absolute Gasteiger partial charge is 0.494 e. The van der Waals surface area contributed by atoms with Gasteiger partial charge < -0.3 is 10.1 Å². The van der Waals surface area contributed by atoms with E-state index in [4.69, 9.17) is 4.74 Å². The summed E-state index contributed by atoms with van der Waals surface area (Å²) >= 11 is 0. The van der Waals surface area contributed by atoms with Crippen molar-refractivity contribution in [2.45, 2.75) is 32.6 Å². The summed E-state index contributed by atoms with van der Waals surface area (Å²) in [7, 11) is 0. The number of carbonyl (C=O) groups is 1. The Balaban J connectivity index is 1.76. The third-order valence-corrected chi connectivity index (χ3v) is 3.62. The van der Waals surface area contributed by atoms with Gasteiger partial charge in [0.25, 0.3) is 0 Å². The molecular weight excluding hydrogens is 298 g/mol. The number of hydrogen-bond acceptors (Lipinski definition) is 2. The Morgan fingerprint density at radius 3 is 2.46 bits per heavy atom. The van der Waals surface area contributed by atoms with Gasteiger partial charge in [0.05, 0.1) is 6.61 Å². The number of anilines is 1. The molecule has 2 aromatic carbocycles. The second-order valence-electron chi connectivity index (χ2n) is 5.67. The average molecular weight is 323 g/mol. The predicted octanol–water partition coefficient (Wildman–Crippen LogP) is 5.30. The van der Waals surface area contributed by atoms with E-state index in [2.05, 4.69) is 12.2 Å². The molecule has 0 atom stereocenters.